The molecule has 0 saturated carbocycles. The topological polar surface area (TPSA) is 107 Å². The Morgan fingerprint density at radius 3 is 2.68 bits per heavy atom. The monoisotopic (exact) mass is 438 g/mol. The average Bonchev–Trinajstić information content (AvgIpc) is 2.73. The molecule has 0 bridgehead atoms. The number of thioether (sulfide) groups is 1. The van der Waals surface area contributed by atoms with Gasteiger partial charge in [0.05, 0.1) is 16.7 Å². The first kappa shape index (κ1) is 22.6. The first-order valence-electron chi connectivity index (χ1n) is 10.2. The largest absolute Gasteiger partial charge is 0.370 e. The molecular formula is C23H26N4O3S. The van der Waals surface area contributed by atoms with Crippen LogP contribution in [0.5, 0.6) is 0 Å². The number of rotatable bonds is 10. The summed E-state index contributed by atoms with van der Waals surface area (Å²) in [5, 5.41) is 3.94. The fourth-order valence-corrected chi connectivity index (χ4v) is 4.08. The Hall–Kier alpha value is -3.13. The second kappa shape index (κ2) is 10.8. The van der Waals surface area contributed by atoms with Crippen LogP contribution in [0.2, 0.25) is 0 Å². The average molecular weight is 439 g/mol. The second-order valence-electron chi connectivity index (χ2n) is 7.35. The maximum atomic E-state index is 13.0. The van der Waals surface area contributed by atoms with Gasteiger partial charge in [0.2, 0.25) is 11.8 Å². The van der Waals surface area contributed by atoms with Crippen LogP contribution >= 0.6 is 11.8 Å². The van der Waals surface area contributed by atoms with Gasteiger partial charge in [0.25, 0.3) is 5.56 Å². The number of primary amides is 1. The van der Waals surface area contributed by atoms with Crippen LogP contribution in [-0.4, -0.2) is 27.1 Å². The Balaban J connectivity index is 1.73. The van der Waals surface area contributed by atoms with E-state index in [1.54, 1.807) is 16.7 Å². The molecule has 0 unspecified atom stereocenters. The van der Waals surface area contributed by atoms with Gasteiger partial charge >= 0.3 is 0 Å². The second-order valence-corrected chi connectivity index (χ2v) is 8.29. The van der Waals surface area contributed by atoms with E-state index in [1.807, 2.05) is 43.3 Å². The van der Waals surface area contributed by atoms with Crippen molar-refractivity contribution in [3.05, 3.63) is 64.4 Å². The van der Waals surface area contributed by atoms with Crippen molar-refractivity contribution in [1.82, 2.24) is 9.55 Å². The molecule has 0 radical (unpaired) electrons. The van der Waals surface area contributed by atoms with E-state index >= 15 is 0 Å². The normalized spacial score (nSPS) is 10.9. The Morgan fingerprint density at radius 1 is 1.10 bits per heavy atom. The van der Waals surface area contributed by atoms with Gasteiger partial charge in [-0.05, 0) is 49.6 Å². The van der Waals surface area contributed by atoms with Gasteiger partial charge in [-0.25, -0.2) is 4.98 Å². The van der Waals surface area contributed by atoms with E-state index in [9.17, 15) is 14.4 Å². The predicted octanol–water partition coefficient (Wildman–Crippen LogP) is 3.48. The van der Waals surface area contributed by atoms with Crippen LogP contribution in [0.25, 0.3) is 10.9 Å². The SMILES string of the molecule is Cc1cccc(NC(=O)CSc2nc3ccccc3c(=O)n2CCCCCC(N)=O)c1. The van der Waals surface area contributed by atoms with Crippen LogP contribution in [0, 0.1) is 6.92 Å². The van der Waals surface area contributed by atoms with E-state index in [2.05, 4.69) is 10.3 Å². The van der Waals surface area contributed by atoms with Crippen LogP contribution in [0.1, 0.15) is 31.2 Å². The summed E-state index contributed by atoms with van der Waals surface area (Å²) in [5.41, 5.74) is 7.47. The van der Waals surface area contributed by atoms with Crippen molar-refractivity contribution >= 4 is 40.2 Å². The number of benzene rings is 2. The van der Waals surface area contributed by atoms with Gasteiger partial charge in [0.1, 0.15) is 0 Å². The first-order chi connectivity index (χ1) is 14.9. The third-order valence-corrected chi connectivity index (χ3v) is 5.74. The third kappa shape index (κ3) is 6.42. The zero-order valence-electron chi connectivity index (χ0n) is 17.5. The van der Waals surface area contributed by atoms with E-state index in [-0.39, 0.29) is 23.1 Å². The number of nitrogens with two attached hydrogens (primary N) is 1. The number of carbonyl (C=O) groups is 2. The summed E-state index contributed by atoms with van der Waals surface area (Å²) in [6, 6.07) is 14.8. The van der Waals surface area contributed by atoms with Crippen molar-refractivity contribution in [3.63, 3.8) is 0 Å². The summed E-state index contributed by atoms with van der Waals surface area (Å²) in [6.45, 7) is 2.43. The summed E-state index contributed by atoms with van der Waals surface area (Å²) in [5.74, 6) is -0.341. The highest BCUT2D eigenvalue weighted by Gasteiger charge is 2.13. The molecule has 162 valence electrons. The standard InChI is InChI=1S/C23H26N4O3S/c1-16-8-7-9-17(14-16)25-21(29)15-31-23-26-19-11-5-4-10-18(19)22(30)27(23)13-6-2-3-12-20(24)28/h4-5,7-11,14H,2-3,6,12-13,15H2,1H3,(H2,24,28)(H,25,29). The number of para-hydroxylation sites is 1. The van der Waals surface area contributed by atoms with Crippen LogP contribution < -0.4 is 16.6 Å². The molecule has 0 aliphatic heterocycles. The van der Waals surface area contributed by atoms with Gasteiger partial charge in [-0.3, -0.25) is 19.0 Å². The van der Waals surface area contributed by atoms with Crippen molar-refractivity contribution in [2.75, 3.05) is 11.1 Å². The highest BCUT2D eigenvalue weighted by atomic mass is 32.2. The van der Waals surface area contributed by atoms with Crippen molar-refractivity contribution < 1.29 is 9.59 Å². The molecule has 0 fully saturated rings. The van der Waals surface area contributed by atoms with Crippen molar-refractivity contribution in [2.24, 2.45) is 5.73 Å². The van der Waals surface area contributed by atoms with Crippen LogP contribution in [0.15, 0.2) is 58.5 Å². The van der Waals surface area contributed by atoms with Crippen molar-refractivity contribution in [2.45, 2.75) is 44.3 Å². The molecule has 1 heterocycles. The molecule has 1 aromatic heterocycles. The van der Waals surface area contributed by atoms with Crippen molar-refractivity contribution in [3.8, 4) is 0 Å². The lowest BCUT2D eigenvalue weighted by molar-refractivity contribution is -0.118. The lowest BCUT2D eigenvalue weighted by Crippen LogP contribution is -2.24. The van der Waals surface area contributed by atoms with Gasteiger partial charge < -0.3 is 11.1 Å². The fraction of sp³-hybridized carbons (Fsp3) is 0.304. The molecule has 3 rings (SSSR count). The van der Waals surface area contributed by atoms with E-state index in [0.29, 0.717) is 35.4 Å². The molecule has 3 aromatic rings. The molecule has 0 spiro atoms. The number of unbranched alkanes of at least 4 members (excludes halogenated alkanes) is 2. The van der Waals surface area contributed by atoms with E-state index in [4.69, 9.17) is 5.73 Å². The number of aryl methyl sites for hydroxylation is 1. The number of hydrogen-bond acceptors (Lipinski definition) is 5. The highest BCUT2D eigenvalue weighted by Crippen LogP contribution is 2.19. The molecule has 3 N–H and O–H groups in total. The molecule has 7 nitrogen and oxygen atoms in total. The van der Waals surface area contributed by atoms with Crippen LogP contribution in [0.4, 0.5) is 5.69 Å². The zero-order chi connectivity index (χ0) is 22.2. The molecular weight excluding hydrogens is 412 g/mol. The molecule has 0 saturated heterocycles. The Labute approximate surface area is 185 Å². The maximum absolute atomic E-state index is 13.0. The minimum atomic E-state index is -0.319. The quantitative estimate of drug-likeness (QED) is 0.286. The number of aromatic nitrogens is 2. The van der Waals surface area contributed by atoms with Crippen molar-refractivity contribution in [1.29, 1.82) is 0 Å². The maximum Gasteiger partial charge on any atom is 0.262 e. The van der Waals surface area contributed by atoms with Crippen LogP contribution in [-0.2, 0) is 16.1 Å². The molecule has 8 heteroatoms. The molecule has 2 aromatic carbocycles. The van der Waals surface area contributed by atoms with Crippen LogP contribution in [0.3, 0.4) is 0 Å². The van der Waals surface area contributed by atoms with Gasteiger partial charge in [-0.15, -0.1) is 0 Å². The number of anilines is 1. The highest BCUT2D eigenvalue weighted by molar-refractivity contribution is 7.99. The Morgan fingerprint density at radius 2 is 1.90 bits per heavy atom. The third-order valence-electron chi connectivity index (χ3n) is 4.77. The minimum Gasteiger partial charge on any atom is -0.370 e. The molecule has 0 atom stereocenters. The summed E-state index contributed by atoms with van der Waals surface area (Å²) in [4.78, 5) is 41.0. The lowest BCUT2D eigenvalue weighted by Gasteiger charge is -2.13. The number of hydrogen-bond donors (Lipinski definition) is 2. The van der Waals surface area contributed by atoms with Gasteiger partial charge in [-0.2, -0.15) is 0 Å². The number of carbonyl (C=O) groups excluding carboxylic acids is 2. The molecule has 2 amide bonds. The Kier molecular flexibility index (Phi) is 7.83. The summed E-state index contributed by atoms with van der Waals surface area (Å²) in [6.07, 6.45) is 2.52. The lowest BCUT2D eigenvalue weighted by atomic mass is 10.2. The van der Waals surface area contributed by atoms with E-state index in [1.165, 1.54) is 11.8 Å². The first-order valence-corrected chi connectivity index (χ1v) is 11.2. The summed E-state index contributed by atoms with van der Waals surface area (Å²) < 4.78 is 1.62. The number of amides is 2. The fourth-order valence-electron chi connectivity index (χ4n) is 3.25. The molecule has 0 aliphatic carbocycles. The number of nitrogens with zero attached hydrogens (tertiary/aromatic N) is 2. The van der Waals surface area contributed by atoms with Gasteiger partial charge in [0.15, 0.2) is 5.16 Å². The van der Waals surface area contributed by atoms with E-state index < -0.39 is 0 Å². The Bertz CT molecular complexity index is 1140. The van der Waals surface area contributed by atoms with Gasteiger partial charge in [-0.1, -0.05) is 42.4 Å². The minimum absolute atomic E-state index is 0.123. The van der Waals surface area contributed by atoms with E-state index in [0.717, 1.165) is 24.1 Å². The van der Waals surface area contributed by atoms with Gasteiger partial charge in [0, 0.05) is 18.7 Å². The zero-order valence-corrected chi connectivity index (χ0v) is 18.3. The number of nitrogens with one attached hydrogen (secondary N) is 1. The summed E-state index contributed by atoms with van der Waals surface area (Å²) >= 11 is 1.24. The smallest absolute Gasteiger partial charge is 0.262 e. The number of fused-ring (bicyclic) bond motifs is 1. The predicted molar refractivity (Wildman–Crippen MR) is 124 cm³/mol. The summed E-state index contributed by atoms with van der Waals surface area (Å²) in [7, 11) is 0. The molecule has 31 heavy (non-hydrogen) atoms. The molecule has 0 aliphatic rings.